The van der Waals surface area contributed by atoms with Crippen molar-refractivity contribution >= 4 is 11.9 Å². The van der Waals surface area contributed by atoms with E-state index in [2.05, 4.69) is 0 Å². The smallest absolute Gasteiger partial charge is 0.303 e. The zero-order valence-electron chi connectivity index (χ0n) is 11.9. The highest BCUT2D eigenvalue weighted by Crippen LogP contribution is 2.17. The fraction of sp³-hybridized carbons (Fsp3) is 0.692. The first-order valence-electron chi connectivity index (χ1n) is 6.28. The van der Waals surface area contributed by atoms with Gasteiger partial charge < -0.3 is 23.7 Å². The predicted octanol–water partition coefficient (Wildman–Crippen LogP) is 0.425. The lowest BCUT2D eigenvalue weighted by Gasteiger charge is -2.31. The van der Waals surface area contributed by atoms with Crippen LogP contribution in [0.2, 0.25) is 0 Å². The van der Waals surface area contributed by atoms with Gasteiger partial charge in [-0.25, -0.2) is 0 Å². The van der Waals surface area contributed by atoms with Crippen LogP contribution in [0.25, 0.3) is 0 Å². The Morgan fingerprint density at radius 3 is 2.50 bits per heavy atom. The fourth-order valence-electron chi connectivity index (χ4n) is 1.60. The second kappa shape index (κ2) is 8.68. The largest absolute Gasteiger partial charge is 0.463 e. The van der Waals surface area contributed by atoms with Crippen molar-refractivity contribution in [3.05, 3.63) is 12.2 Å². The zero-order valence-corrected chi connectivity index (χ0v) is 11.9. The molecule has 3 atom stereocenters. The topological polar surface area (TPSA) is 80.3 Å². The Morgan fingerprint density at radius 2 is 1.90 bits per heavy atom. The molecule has 0 N–H and O–H groups in total. The number of ether oxygens (including phenoxy) is 5. The van der Waals surface area contributed by atoms with E-state index in [9.17, 15) is 9.59 Å². The van der Waals surface area contributed by atoms with Gasteiger partial charge in [-0.3, -0.25) is 9.59 Å². The molecule has 1 aliphatic rings. The van der Waals surface area contributed by atoms with Crippen molar-refractivity contribution in [3.63, 3.8) is 0 Å². The van der Waals surface area contributed by atoms with Crippen molar-refractivity contribution in [2.24, 2.45) is 0 Å². The molecular formula is C13H20O7. The van der Waals surface area contributed by atoms with Crippen LogP contribution in [0, 0.1) is 0 Å². The fourth-order valence-corrected chi connectivity index (χ4v) is 1.60. The van der Waals surface area contributed by atoms with Crippen LogP contribution in [0.3, 0.4) is 0 Å². The Hall–Kier alpha value is -1.44. The molecular weight excluding hydrogens is 268 g/mol. The summed E-state index contributed by atoms with van der Waals surface area (Å²) in [6.07, 6.45) is 1.52. The van der Waals surface area contributed by atoms with Gasteiger partial charge >= 0.3 is 11.9 Å². The quantitative estimate of drug-likeness (QED) is 0.381. The standard InChI is InChI=1S/C13H20O7/c1-9(14)18-8-12-11(19-10(2)15)4-5-13(20-12)17-7-6-16-3/h4-5,11-13H,6-8H2,1-3H3/t11-,12+,13?/m0/s1. The van der Waals surface area contributed by atoms with Gasteiger partial charge in [0.2, 0.25) is 0 Å². The molecule has 0 bridgehead atoms. The Kier molecular flexibility index (Phi) is 7.21. The molecule has 0 radical (unpaired) electrons. The lowest BCUT2D eigenvalue weighted by molar-refractivity contribution is -0.199. The third kappa shape index (κ3) is 6.14. The van der Waals surface area contributed by atoms with Crippen LogP contribution in [0.5, 0.6) is 0 Å². The summed E-state index contributed by atoms with van der Waals surface area (Å²) in [7, 11) is 1.57. The van der Waals surface area contributed by atoms with Crippen LogP contribution in [0.1, 0.15) is 13.8 Å². The molecule has 0 spiro atoms. The molecule has 1 aliphatic heterocycles. The van der Waals surface area contributed by atoms with Crippen LogP contribution < -0.4 is 0 Å². The third-order valence-corrected chi connectivity index (χ3v) is 2.46. The normalized spacial score (nSPS) is 25.2. The van der Waals surface area contributed by atoms with Crippen LogP contribution in [0.4, 0.5) is 0 Å². The number of rotatable bonds is 7. The Labute approximate surface area is 117 Å². The minimum atomic E-state index is -0.603. The first kappa shape index (κ1) is 16.6. The van der Waals surface area contributed by atoms with Crippen LogP contribution >= 0.6 is 0 Å². The van der Waals surface area contributed by atoms with E-state index in [-0.39, 0.29) is 6.61 Å². The molecule has 20 heavy (non-hydrogen) atoms. The van der Waals surface area contributed by atoms with Crippen molar-refractivity contribution in [2.45, 2.75) is 32.3 Å². The van der Waals surface area contributed by atoms with E-state index in [1.165, 1.54) is 13.8 Å². The van der Waals surface area contributed by atoms with Gasteiger partial charge in [0.15, 0.2) is 6.29 Å². The van der Waals surface area contributed by atoms with Gasteiger partial charge in [0.25, 0.3) is 0 Å². The number of hydrogen-bond donors (Lipinski definition) is 0. The molecule has 0 aromatic heterocycles. The molecule has 0 aromatic carbocycles. The maximum Gasteiger partial charge on any atom is 0.303 e. The summed E-state index contributed by atoms with van der Waals surface area (Å²) < 4.78 is 25.8. The average Bonchev–Trinajstić information content (AvgIpc) is 2.38. The molecule has 7 nitrogen and oxygen atoms in total. The summed E-state index contributed by atoms with van der Waals surface area (Å²) in [5.41, 5.74) is 0. The average molecular weight is 288 g/mol. The number of esters is 2. The summed E-state index contributed by atoms with van der Waals surface area (Å²) in [6, 6.07) is 0. The minimum Gasteiger partial charge on any atom is -0.463 e. The van der Waals surface area contributed by atoms with E-state index in [0.717, 1.165) is 0 Å². The highest BCUT2D eigenvalue weighted by Gasteiger charge is 2.30. The van der Waals surface area contributed by atoms with Gasteiger partial charge in [-0.05, 0) is 12.2 Å². The van der Waals surface area contributed by atoms with Crippen LogP contribution in [-0.2, 0) is 33.3 Å². The Morgan fingerprint density at radius 1 is 1.15 bits per heavy atom. The molecule has 0 aliphatic carbocycles. The van der Waals surface area contributed by atoms with E-state index in [4.69, 9.17) is 23.7 Å². The van der Waals surface area contributed by atoms with Gasteiger partial charge in [-0.2, -0.15) is 0 Å². The van der Waals surface area contributed by atoms with Crippen LogP contribution in [0.15, 0.2) is 12.2 Å². The first-order valence-corrected chi connectivity index (χ1v) is 6.28. The molecule has 1 unspecified atom stereocenters. The highest BCUT2D eigenvalue weighted by molar-refractivity contribution is 5.66. The van der Waals surface area contributed by atoms with E-state index >= 15 is 0 Å². The maximum absolute atomic E-state index is 11.0. The number of carbonyl (C=O) groups excluding carboxylic acids is 2. The number of hydrogen-bond acceptors (Lipinski definition) is 7. The summed E-state index contributed by atoms with van der Waals surface area (Å²) in [5.74, 6) is -0.864. The minimum absolute atomic E-state index is 0.0121. The zero-order chi connectivity index (χ0) is 15.0. The molecule has 1 rings (SSSR count). The van der Waals surface area contributed by atoms with E-state index < -0.39 is 30.4 Å². The van der Waals surface area contributed by atoms with E-state index in [1.807, 2.05) is 0 Å². The molecule has 0 saturated heterocycles. The van der Waals surface area contributed by atoms with Crippen molar-refractivity contribution in [1.82, 2.24) is 0 Å². The first-order chi connectivity index (χ1) is 9.52. The van der Waals surface area contributed by atoms with Gasteiger partial charge in [0, 0.05) is 21.0 Å². The Bertz CT molecular complexity index is 353. The predicted molar refractivity (Wildman–Crippen MR) is 67.8 cm³/mol. The SMILES string of the molecule is COCCOC1C=C[C@H](OC(C)=O)[C@@H](COC(C)=O)O1. The second-order valence-electron chi connectivity index (χ2n) is 4.17. The van der Waals surface area contributed by atoms with Crippen molar-refractivity contribution in [1.29, 1.82) is 0 Å². The summed E-state index contributed by atoms with van der Waals surface area (Å²) in [6.45, 7) is 3.39. The van der Waals surface area contributed by atoms with Crippen molar-refractivity contribution in [2.75, 3.05) is 26.9 Å². The van der Waals surface area contributed by atoms with Crippen molar-refractivity contribution in [3.8, 4) is 0 Å². The third-order valence-electron chi connectivity index (χ3n) is 2.46. The molecule has 7 heteroatoms. The summed E-state index contributed by atoms with van der Waals surface area (Å²) in [4.78, 5) is 21.9. The van der Waals surface area contributed by atoms with Gasteiger partial charge in [0.05, 0.1) is 13.2 Å². The number of methoxy groups -OCH3 is 1. The van der Waals surface area contributed by atoms with Crippen molar-refractivity contribution < 1.29 is 33.3 Å². The monoisotopic (exact) mass is 288 g/mol. The Balaban J connectivity index is 2.56. The second-order valence-corrected chi connectivity index (χ2v) is 4.17. The van der Waals surface area contributed by atoms with Gasteiger partial charge in [0.1, 0.15) is 18.8 Å². The molecule has 1 heterocycles. The van der Waals surface area contributed by atoms with E-state index in [0.29, 0.717) is 13.2 Å². The van der Waals surface area contributed by atoms with E-state index in [1.54, 1.807) is 19.3 Å². The maximum atomic E-state index is 11.0. The number of carbonyl (C=O) groups is 2. The van der Waals surface area contributed by atoms with Crippen LogP contribution in [-0.4, -0.2) is 57.4 Å². The molecule has 0 saturated carbocycles. The summed E-state index contributed by atoms with van der Waals surface area (Å²) in [5, 5.41) is 0. The molecule has 0 aromatic rings. The van der Waals surface area contributed by atoms with Gasteiger partial charge in [-0.1, -0.05) is 0 Å². The molecule has 0 fully saturated rings. The highest BCUT2D eigenvalue weighted by atomic mass is 16.7. The molecule has 0 amide bonds. The molecule has 114 valence electrons. The lowest BCUT2D eigenvalue weighted by Crippen LogP contribution is -2.42. The van der Waals surface area contributed by atoms with Gasteiger partial charge in [-0.15, -0.1) is 0 Å². The summed E-state index contributed by atoms with van der Waals surface area (Å²) >= 11 is 0. The lowest BCUT2D eigenvalue weighted by atomic mass is 10.1.